The van der Waals surface area contributed by atoms with Crippen molar-refractivity contribution in [1.82, 2.24) is 4.98 Å². The summed E-state index contributed by atoms with van der Waals surface area (Å²) in [6.45, 7) is 0. The van der Waals surface area contributed by atoms with Crippen LogP contribution in [0, 0.1) is 0 Å². The minimum absolute atomic E-state index is 0.589. The maximum atomic E-state index is 6.47. The van der Waals surface area contributed by atoms with Crippen molar-refractivity contribution in [3.05, 3.63) is 158 Å². The molecule has 0 aliphatic rings. The van der Waals surface area contributed by atoms with Crippen LogP contribution in [-0.4, -0.2) is 4.98 Å². The lowest BCUT2D eigenvalue weighted by atomic mass is 10.0. The quantitative estimate of drug-likeness (QED) is 0.204. The number of hydrogen-bond donors (Lipinski definition) is 0. The second-order valence-electron chi connectivity index (χ2n) is 11.2. The zero-order chi connectivity index (χ0) is 29.7. The van der Waals surface area contributed by atoms with Gasteiger partial charge in [-0.1, -0.05) is 84.9 Å². The minimum Gasteiger partial charge on any atom is -0.456 e. The van der Waals surface area contributed by atoms with Gasteiger partial charge in [-0.05, 0) is 88.6 Å². The van der Waals surface area contributed by atoms with E-state index in [2.05, 4.69) is 114 Å². The molecule has 0 spiro atoms. The van der Waals surface area contributed by atoms with Gasteiger partial charge in [0, 0.05) is 39.5 Å². The van der Waals surface area contributed by atoms with Crippen molar-refractivity contribution in [2.45, 2.75) is 0 Å². The third-order valence-corrected chi connectivity index (χ3v) is 8.49. The Kier molecular flexibility index (Phi) is 5.78. The summed E-state index contributed by atoms with van der Waals surface area (Å²) >= 11 is 0. The fraction of sp³-hybridized carbons (Fsp3) is 0. The van der Waals surface area contributed by atoms with Crippen molar-refractivity contribution in [3.63, 3.8) is 0 Å². The second kappa shape index (κ2) is 10.2. The molecule has 7 aromatic carbocycles. The van der Waals surface area contributed by atoms with E-state index in [0.29, 0.717) is 5.89 Å². The van der Waals surface area contributed by atoms with Gasteiger partial charge in [0.25, 0.3) is 0 Å². The highest BCUT2D eigenvalue weighted by Crippen LogP contribution is 2.41. The molecule has 9 aromatic rings. The zero-order valence-corrected chi connectivity index (χ0v) is 24.2. The standard InChI is InChI=1S/C41H26N2O2/c1-2-11-31(12-3-1)43(32-21-19-28(20-22-32)30-18-17-27-9-4-5-10-29(27)25-30)33-23-24-34-39(26-33)44-38-16-8-13-35(40(34)38)41-42-36-14-6-7-15-37(36)45-41/h1-26H. The lowest BCUT2D eigenvalue weighted by molar-refractivity contribution is 0.620. The first-order valence-electron chi connectivity index (χ1n) is 15.0. The minimum atomic E-state index is 0.589. The fourth-order valence-electron chi connectivity index (χ4n) is 6.32. The molecule has 0 aliphatic carbocycles. The molecule has 4 heteroatoms. The van der Waals surface area contributed by atoms with E-state index in [-0.39, 0.29) is 0 Å². The highest BCUT2D eigenvalue weighted by atomic mass is 16.3. The number of oxazole rings is 1. The van der Waals surface area contributed by atoms with E-state index in [4.69, 9.17) is 13.8 Å². The summed E-state index contributed by atoms with van der Waals surface area (Å²) in [5.74, 6) is 0.589. The maximum Gasteiger partial charge on any atom is 0.228 e. The van der Waals surface area contributed by atoms with Crippen LogP contribution in [0.5, 0.6) is 0 Å². The van der Waals surface area contributed by atoms with Crippen LogP contribution < -0.4 is 4.90 Å². The van der Waals surface area contributed by atoms with E-state index >= 15 is 0 Å². The third-order valence-electron chi connectivity index (χ3n) is 8.49. The molecule has 4 nitrogen and oxygen atoms in total. The Labute approximate surface area is 259 Å². The van der Waals surface area contributed by atoms with Gasteiger partial charge in [0.15, 0.2) is 5.58 Å². The summed E-state index contributed by atoms with van der Waals surface area (Å²) in [5, 5.41) is 4.50. The van der Waals surface area contributed by atoms with Crippen LogP contribution in [0.3, 0.4) is 0 Å². The summed E-state index contributed by atoms with van der Waals surface area (Å²) in [6, 6.07) is 54.6. The number of anilines is 3. The number of benzene rings is 7. The Balaban J connectivity index is 1.14. The molecule has 0 bridgehead atoms. The first-order chi connectivity index (χ1) is 22.3. The molecular formula is C41H26N2O2. The molecule has 0 atom stereocenters. The molecule has 0 unspecified atom stereocenters. The molecule has 0 amide bonds. The number of aromatic nitrogens is 1. The van der Waals surface area contributed by atoms with Gasteiger partial charge in [0.2, 0.25) is 5.89 Å². The van der Waals surface area contributed by atoms with Gasteiger partial charge in [-0.2, -0.15) is 0 Å². The molecular weight excluding hydrogens is 552 g/mol. The molecule has 212 valence electrons. The summed E-state index contributed by atoms with van der Waals surface area (Å²) in [4.78, 5) is 7.03. The van der Waals surface area contributed by atoms with E-state index in [0.717, 1.165) is 55.7 Å². The third kappa shape index (κ3) is 4.35. The van der Waals surface area contributed by atoms with Crippen LogP contribution in [-0.2, 0) is 0 Å². The summed E-state index contributed by atoms with van der Waals surface area (Å²) in [5.41, 5.74) is 9.64. The van der Waals surface area contributed by atoms with E-state index < -0.39 is 0 Å². The number of nitrogens with zero attached hydrogens (tertiary/aromatic N) is 2. The topological polar surface area (TPSA) is 42.4 Å². The van der Waals surface area contributed by atoms with Crippen molar-refractivity contribution in [1.29, 1.82) is 0 Å². The molecule has 0 aliphatic heterocycles. The molecule has 0 saturated heterocycles. The highest BCUT2D eigenvalue weighted by Gasteiger charge is 2.19. The number of fused-ring (bicyclic) bond motifs is 5. The predicted octanol–water partition coefficient (Wildman–Crippen LogP) is 11.7. The van der Waals surface area contributed by atoms with E-state index in [1.807, 2.05) is 48.5 Å². The summed E-state index contributed by atoms with van der Waals surface area (Å²) in [7, 11) is 0. The van der Waals surface area contributed by atoms with Crippen molar-refractivity contribution in [2.75, 3.05) is 4.90 Å². The molecule has 0 N–H and O–H groups in total. The van der Waals surface area contributed by atoms with Crippen LogP contribution in [0.2, 0.25) is 0 Å². The highest BCUT2D eigenvalue weighted by molar-refractivity contribution is 6.12. The monoisotopic (exact) mass is 578 g/mol. The predicted molar refractivity (Wildman–Crippen MR) is 184 cm³/mol. The van der Waals surface area contributed by atoms with Crippen LogP contribution in [0.4, 0.5) is 17.1 Å². The van der Waals surface area contributed by atoms with Gasteiger partial charge >= 0.3 is 0 Å². The molecule has 2 aromatic heterocycles. The van der Waals surface area contributed by atoms with Crippen molar-refractivity contribution >= 4 is 60.9 Å². The average molecular weight is 579 g/mol. The van der Waals surface area contributed by atoms with Gasteiger partial charge < -0.3 is 13.7 Å². The average Bonchev–Trinajstić information content (AvgIpc) is 3.70. The van der Waals surface area contributed by atoms with Crippen molar-refractivity contribution in [2.24, 2.45) is 0 Å². The number of rotatable bonds is 5. The number of hydrogen-bond acceptors (Lipinski definition) is 4. The van der Waals surface area contributed by atoms with Gasteiger partial charge in [-0.25, -0.2) is 4.98 Å². The lowest BCUT2D eigenvalue weighted by Gasteiger charge is -2.25. The Morgan fingerprint density at radius 2 is 1.16 bits per heavy atom. The number of furan rings is 1. The summed E-state index contributed by atoms with van der Waals surface area (Å²) < 4.78 is 12.6. The smallest absolute Gasteiger partial charge is 0.228 e. The molecule has 0 saturated carbocycles. The normalized spacial score (nSPS) is 11.6. The van der Waals surface area contributed by atoms with Gasteiger partial charge in [0.1, 0.15) is 16.7 Å². The van der Waals surface area contributed by atoms with Crippen molar-refractivity contribution in [3.8, 4) is 22.6 Å². The van der Waals surface area contributed by atoms with Crippen molar-refractivity contribution < 1.29 is 8.83 Å². The second-order valence-corrected chi connectivity index (χ2v) is 11.2. The zero-order valence-electron chi connectivity index (χ0n) is 24.2. The molecule has 45 heavy (non-hydrogen) atoms. The first kappa shape index (κ1) is 25.4. The Morgan fingerprint density at radius 3 is 2.02 bits per heavy atom. The number of para-hydroxylation sites is 3. The SMILES string of the molecule is c1ccc(N(c2ccc(-c3ccc4ccccc4c3)cc2)c2ccc3c(c2)oc2cccc(-c4nc5ccccc5o4)c23)cc1. The van der Waals surface area contributed by atoms with Gasteiger partial charge in [0.05, 0.1) is 0 Å². The molecule has 0 radical (unpaired) electrons. The fourth-order valence-corrected chi connectivity index (χ4v) is 6.32. The Morgan fingerprint density at radius 1 is 0.444 bits per heavy atom. The van der Waals surface area contributed by atoms with Crippen LogP contribution in [0.15, 0.2) is 167 Å². The summed E-state index contributed by atoms with van der Waals surface area (Å²) in [6.07, 6.45) is 0. The van der Waals surface area contributed by atoms with Crippen LogP contribution in [0.25, 0.3) is 66.4 Å². The Hall–Kier alpha value is -6.13. The molecule has 2 heterocycles. The van der Waals surface area contributed by atoms with Gasteiger partial charge in [-0.15, -0.1) is 0 Å². The molecule has 9 rings (SSSR count). The Bertz CT molecular complexity index is 2460. The van der Waals surface area contributed by atoms with Crippen LogP contribution in [0.1, 0.15) is 0 Å². The van der Waals surface area contributed by atoms with E-state index in [9.17, 15) is 0 Å². The van der Waals surface area contributed by atoms with E-state index in [1.165, 1.54) is 21.9 Å². The van der Waals surface area contributed by atoms with Gasteiger partial charge in [-0.3, -0.25) is 0 Å². The largest absolute Gasteiger partial charge is 0.456 e. The maximum absolute atomic E-state index is 6.47. The van der Waals surface area contributed by atoms with E-state index in [1.54, 1.807) is 0 Å². The lowest BCUT2D eigenvalue weighted by Crippen LogP contribution is -2.09. The first-order valence-corrected chi connectivity index (χ1v) is 15.0. The van der Waals surface area contributed by atoms with Crippen LogP contribution >= 0.6 is 0 Å². The molecule has 0 fully saturated rings.